The molecule has 0 spiro atoms. The number of alkyl halides is 6. The normalized spacial score (nSPS) is 12.6. The maximum atomic E-state index is 14.4. The van der Waals surface area contributed by atoms with Crippen molar-refractivity contribution in [3.05, 3.63) is 254 Å². The second-order valence-electron chi connectivity index (χ2n) is 21.1. The van der Waals surface area contributed by atoms with Crippen molar-refractivity contribution < 1.29 is 26.3 Å². The molecule has 0 aliphatic heterocycles. The van der Waals surface area contributed by atoms with E-state index in [4.69, 9.17) is 0 Å². The molecule has 0 bridgehead atoms. The molecule has 0 saturated carbocycles. The molecule has 6 heteroatoms. The Kier molecular flexibility index (Phi) is 9.76. The predicted molar refractivity (Wildman–Crippen MR) is 317 cm³/mol. The summed E-state index contributed by atoms with van der Waals surface area (Å²) in [5.41, 5.74) is 17.5. The summed E-state index contributed by atoms with van der Waals surface area (Å²) >= 11 is 0. The van der Waals surface area contributed by atoms with Gasteiger partial charge in [0.2, 0.25) is 0 Å². The van der Waals surface area contributed by atoms with Gasteiger partial charge in [-0.25, -0.2) is 0 Å². The molecular weight excluding hydrogens is 1000 g/mol. The first-order valence-electron chi connectivity index (χ1n) is 26.6. The van der Waals surface area contributed by atoms with Crippen LogP contribution in [0.5, 0.6) is 0 Å². The highest BCUT2D eigenvalue weighted by Gasteiger charge is 2.36. The van der Waals surface area contributed by atoms with E-state index in [-0.39, 0.29) is 0 Å². The van der Waals surface area contributed by atoms with Crippen LogP contribution >= 0.6 is 0 Å². The van der Waals surface area contributed by atoms with Gasteiger partial charge >= 0.3 is 12.4 Å². The maximum Gasteiger partial charge on any atom is 0.416 e. The molecule has 0 heterocycles. The van der Waals surface area contributed by atoms with Crippen molar-refractivity contribution >= 4 is 53.9 Å². The Morgan fingerprint density at radius 2 is 0.550 bits per heavy atom. The van der Waals surface area contributed by atoms with Crippen molar-refractivity contribution in [3.8, 4) is 111 Å². The van der Waals surface area contributed by atoms with Crippen molar-refractivity contribution in [2.45, 2.75) is 12.4 Å². The summed E-state index contributed by atoms with van der Waals surface area (Å²) < 4.78 is 85.9. The Hall–Kier alpha value is -9.78. The lowest BCUT2D eigenvalue weighted by Gasteiger charge is -2.22. The number of fused-ring (bicyclic) bond motifs is 9. The van der Waals surface area contributed by atoms with Crippen molar-refractivity contribution in [3.63, 3.8) is 0 Å². The highest BCUT2D eigenvalue weighted by atomic mass is 19.4. The maximum absolute atomic E-state index is 14.4. The first kappa shape index (κ1) is 46.3. The van der Waals surface area contributed by atoms with Crippen molar-refractivity contribution in [1.82, 2.24) is 0 Å². The molecule has 0 amide bonds. The third kappa shape index (κ3) is 6.59. The summed E-state index contributed by atoms with van der Waals surface area (Å²) in [6.07, 6.45) is -9.01. The third-order valence-electron chi connectivity index (χ3n) is 17.0. The number of rotatable bonds is 6. The number of hydrogen-bond donors (Lipinski definition) is 0. The smallest absolute Gasteiger partial charge is 0.166 e. The SMILES string of the molecule is FC(F)(F)c1cccc(-c2ccccc2-c2ccc(-c3ccccc3)c3c2-c2ccc4c5ccc6c7c(ccc(c8ccc-3c2c48)c75)-c2c-6c(-c3ccccc3)c3ccccc3c2-c2ccccc2-c2cccc(C(F)(F)F)c2)c1. The van der Waals surface area contributed by atoms with Gasteiger partial charge in [0.15, 0.2) is 0 Å². The van der Waals surface area contributed by atoms with Crippen LogP contribution in [0.4, 0.5) is 26.3 Å². The van der Waals surface area contributed by atoms with E-state index in [9.17, 15) is 26.3 Å². The molecule has 0 saturated heterocycles. The molecule has 0 N–H and O–H groups in total. The van der Waals surface area contributed by atoms with E-state index in [1.165, 1.54) is 24.3 Å². The summed E-state index contributed by atoms with van der Waals surface area (Å²) in [5, 5.41) is 11.0. The minimum absolute atomic E-state index is 0.485. The number of hydrogen-bond acceptors (Lipinski definition) is 0. The molecule has 16 rings (SSSR count). The fourth-order valence-corrected chi connectivity index (χ4v) is 13.8. The predicted octanol–water partition coefficient (Wildman–Crippen LogP) is 22.2. The molecule has 0 nitrogen and oxygen atoms in total. The van der Waals surface area contributed by atoms with E-state index < -0.39 is 23.5 Å². The molecule has 0 aromatic heterocycles. The lowest BCUT2D eigenvalue weighted by molar-refractivity contribution is -0.138. The lowest BCUT2D eigenvalue weighted by Crippen LogP contribution is -2.04. The molecule has 0 radical (unpaired) electrons. The average molecular weight is 1040 g/mol. The second-order valence-corrected chi connectivity index (χ2v) is 21.1. The zero-order valence-corrected chi connectivity index (χ0v) is 42.4. The average Bonchev–Trinajstić information content (AvgIpc) is 3.22. The van der Waals surface area contributed by atoms with Gasteiger partial charge in [0.05, 0.1) is 11.1 Å². The van der Waals surface area contributed by atoms with Crippen LogP contribution in [0.15, 0.2) is 243 Å². The van der Waals surface area contributed by atoms with Crippen LogP contribution in [0, 0.1) is 0 Å². The molecule has 2 aliphatic carbocycles. The minimum atomic E-state index is -4.51. The fourth-order valence-electron chi connectivity index (χ4n) is 13.8. The van der Waals surface area contributed by atoms with Gasteiger partial charge in [0.25, 0.3) is 0 Å². The number of benzene rings is 14. The van der Waals surface area contributed by atoms with E-state index in [0.717, 1.165) is 155 Å². The summed E-state index contributed by atoms with van der Waals surface area (Å²) in [4.78, 5) is 0. The van der Waals surface area contributed by atoms with Gasteiger partial charge in [-0.15, -0.1) is 0 Å². The molecule has 14 aromatic carbocycles. The lowest BCUT2D eigenvalue weighted by atomic mass is 9.81. The van der Waals surface area contributed by atoms with Gasteiger partial charge in [-0.05, 0) is 189 Å². The van der Waals surface area contributed by atoms with Crippen LogP contribution in [0.1, 0.15) is 11.1 Å². The van der Waals surface area contributed by atoms with Crippen LogP contribution in [0.3, 0.4) is 0 Å². The Balaban J connectivity index is 0.975. The van der Waals surface area contributed by atoms with Gasteiger partial charge in [-0.2, -0.15) is 26.3 Å². The van der Waals surface area contributed by atoms with E-state index >= 15 is 0 Å². The van der Waals surface area contributed by atoms with Crippen molar-refractivity contribution in [1.29, 1.82) is 0 Å². The molecule has 14 aromatic rings. The Morgan fingerprint density at radius 1 is 0.188 bits per heavy atom. The molecule has 0 unspecified atom stereocenters. The first-order chi connectivity index (χ1) is 39.0. The summed E-state index contributed by atoms with van der Waals surface area (Å²) in [7, 11) is 0. The number of halogens is 6. The van der Waals surface area contributed by atoms with Gasteiger partial charge in [-0.1, -0.05) is 218 Å². The van der Waals surface area contributed by atoms with Gasteiger partial charge < -0.3 is 0 Å². The van der Waals surface area contributed by atoms with Crippen molar-refractivity contribution in [2.24, 2.45) is 0 Å². The van der Waals surface area contributed by atoms with Gasteiger partial charge in [0, 0.05) is 0 Å². The minimum Gasteiger partial charge on any atom is -0.166 e. The summed E-state index contributed by atoms with van der Waals surface area (Å²) in [6.45, 7) is 0. The van der Waals surface area contributed by atoms with Gasteiger partial charge in [-0.3, -0.25) is 0 Å². The Bertz CT molecular complexity index is 4930. The van der Waals surface area contributed by atoms with E-state index in [1.54, 1.807) is 12.1 Å². The molecular formula is C74H40F6. The highest BCUT2D eigenvalue weighted by molar-refractivity contribution is 6.42. The third-order valence-corrected chi connectivity index (χ3v) is 17.0. The molecule has 80 heavy (non-hydrogen) atoms. The standard InChI is InChI=1S/C74H40F6/c75-73(76,77)45-21-13-19-43(39-45)47-23-7-9-25-50(47)54-30-29-49(41-15-3-1-4-16-41)64-59-35-31-55-58-34-38-62-70-61(37-33-57(66(58)70)56-32-36-60(68(54)64)69(59)65(55)56)71-63(42-17-5-2-6-18-42)52-27-11-12-28-53(52)67(72(62)71)51-26-10-8-24-48(51)44-20-14-22-46(40-44)74(78,79)80/h1-40H. The van der Waals surface area contributed by atoms with Crippen LogP contribution in [-0.2, 0) is 12.4 Å². The first-order valence-corrected chi connectivity index (χ1v) is 26.6. The summed E-state index contributed by atoms with van der Waals surface area (Å²) in [6, 6.07) is 78.5. The van der Waals surface area contributed by atoms with Crippen LogP contribution in [0.25, 0.3) is 165 Å². The second kappa shape index (κ2) is 16.9. The molecule has 0 fully saturated rings. The van der Waals surface area contributed by atoms with Gasteiger partial charge in [0.1, 0.15) is 0 Å². The Labute approximate surface area is 455 Å². The molecule has 378 valence electrons. The molecule has 0 atom stereocenters. The van der Waals surface area contributed by atoms with Crippen LogP contribution in [-0.4, -0.2) is 0 Å². The van der Waals surface area contributed by atoms with E-state index in [2.05, 4.69) is 115 Å². The molecule has 2 aliphatic rings. The monoisotopic (exact) mass is 1040 g/mol. The summed E-state index contributed by atoms with van der Waals surface area (Å²) in [5.74, 6) is 0. The zero-order chi connectivity index (χ0) is 53.8. The highest BCUT2D eigenvalue weighted by Crippen LogP contribution is 2.62. The van der Waals surface area contributed by atoms with Crippen LogP contribution in [0.2, 0.25) is 0 Å². The topological polar surface area (TPSA) is 0 Å². The van der Waals surface area contributed by atoms with Crippen molar-refractivity contribution in [2.75, 3.05) is 0 Å². The quantitative estimate of drug-likeness (QED) is 0.0884. The van der Waals surface area contributed by atoms with E-state index in [1.807, 2.05) is 78.9 Å². The largest absolute Gasteiger partial charge is 0.416 e. The van der Waals surface area contributed by atoms with Crippen LogP contribution < -0.4 is 0 Å². The fraction of sp³-hybridized carbons (Fsp3) is 0.0270. The van der Waals surface area contributed by atoms with E-state index in [0.29, 0.717) is 22.3 Å². The Morgan fingerprint density at radius 3 is 1.06 bits per heavy atom. The zero-order valence-electron chi connectivity index (χ0n) is 42.4.